The number of ether oxygens (including phenoxy) is 2. The number of halogens is 1. The highest BCUT2D eigenvalue weighted by molar-refractivity contribution is 7.92. The number of hydrogen-bond donors (Lipinski definition) is 1. The average Bonchev–Trinajstić information content (AvgIpc) is 3.31. The van der Waals surface area contributed by atoms with E-state index >= 15 is 0 Å². The van der Waals surface area contributed by atoms with Gasteiger partial charge in [0, 0.05) is 36.6 Å². The van der Waals surface area contributed by atoms with Crippen LogP contribution < -0.4 is 19.1 Å². The summed E-state index contributed by atoms with van der Waals surface area (Å²) in [6, 6.07) is 11.3. The number of carbonyl (C=O) groups is 2. The molecule has 3 rings (SSSR count). The second-order valence-corrected chi connectivity index (χ2v) is 11.5. The lowest BCUT2D eigenvalue weighted by atomic mass is 10.1. The van der Waals surface area contributed by atoms with Gasteiger partial charge in [-0.2, -0.15) is 0 Å². The molecule has 1 aliphatic heterocycles. The van der Waals surface area contributed by atoms with Gasteiger partial charge in [0.05, 0.1) is 11.9 Å². The number of fused-ring (bicyclic) bond motifs is 1. The largest absolute Gasteiger partial charge is 0.454 e. The third-order valence-corrected chi connectivity index (χ3v) is 7.64. The smallest absolute Gasteiger partial charge is 0.242 e. The van der Waals surface area contributed by atoms with E-state index in [4.69, 9.17) is 21.1 Å². The molecule has 9 nitrogen and oxygen atoms in total. The monoisotopic (exact) mass is 551 g/mol. The molecule has 11 heteroatoms. The first-order valence-electron chi connectivity index (χ1n) is 12.2. The van der Waals surface area contributed by atoms with Gasteiger partial charge in [-0.05, 0) is 56.5 Å². The Labute approximate surface area is 223 Å². The summed E-state index contributed by atoms with van der Waals surface area (Å²) in [5, 5.41) is 3.47. The fourth-order valence-corrected chi connectivity index (χ4v) is 5.09. The van der Waals surface area contributed by atoms with E-state index in [2.05, 4.69) is 5.32 Å². The minimum Gasteiger partial charge on any atom is -0.454 e. The van der Waals surface area contributed by atoms with Gasteiger partial charge in [-0.15, -0.1) is 0 Å². The van der Waals surface area contributed by atoms with Crippen LogP contribution in [0.3, 0.4) is 0 Å². The lowest BCUT2D eigenvalue weighted by molar-refractivity contribution is -0.140. The molecule has 1 aliphatic rings. The maximum absolute atomic E-state index is 13.4. The molecule has 2 atom stereocenters. The SMILES string of the molecule is CC[C@H](C)NC(=O)[C@@H](C)N(Cc1cccc(Cl)c1)C(=O)CCCN(c1ccc2c(c1)OCO2)S(C)(=O)=O. The number of nitrogens with one attached hydrogen (secondary N) is 1. The molecule has 0 radical (unpaired) electrons. The summed E-state index contributed by atoms with van der Waals surface area (Å²) in [4.78, 5) is 27.7. The molecule has 2 aromatic rings. The minimum atomic E-state index is -3.62. The molecule has 0 saturated carbocycles. The summed E-state index contributed by atoms with van der Waals surface area (Å²) in [6.07, 6.45) is 2.19. The van der Waals surface area contributed by atoms with Gasteiger partial charge in [-0.1, -0.05) is 30.7 Å². The van der Waals surface area contributed by atoms with Crippen LogP contribution in [0.2, 0.25) is 5.02 Å². The number of amides is 2. The van der Waals surface area contributed by atoms with Crippen LogP contribution in [0.15, 0.2) is 42.5 Å². The van der Waals surface area contributed by atoms with Crippen molar-refractivity contribution in [1.82, 2.24) is 10.2 Å². The van der Waals surface area contributed by atoms with Gasteiger partial charge in [0.2, 0.25) is 28.6 Å². The average molecular weight is 552 g/mol. The fourth-order valence-electron chi connectivity index (χ4n) is 3.92. The van der Waals surface area contributed by atoms with Crippen LogP contribution in [-0.4, -0.2) is 56.8 Å². The normalized spacial score (nSPS) is 14.1. The van der Waals surface area contributed by atoms with Crippen molar-refractivity contribution < 1.29 is 27.5 Å². The highest BCUT2D eigenvalue weighted by atomic mass is 35.5. The van der Waals surface area contributed by atoms with E-state index in [1.807, 2.05) is 19.9 Å². The van der Waals surface area contributed by atoms with Gasteiger partial charge in [0.15, 0.2) is 11.5 Å². The molecule has 0 spiro atoms. The molecule has 2 aromatic carbocycles. The number of hydrogen-bond acceptors (Lipinski definition) is 6. The molecule has 2 amide bonds. The molecular weight excluding hydrogens is 518 g/mol. The van der Waals surface area contributed by atoms with Crippen molar-refractivity contribution in [3.05, 3.63) is 53.1 Å². The Morgan fingerprint density at radius 3 is 2.51 bits per heavy atom. The van der Waals surface area contributed by atoms with E-state index in [1.54, 1.807) is 43.3 Å². The maximum atomic E-state index is 13.4. The van der Waals surface area contributed by atoms with Crippen molar-refractivity contribution in [2.45, 2.75) is 58.7 Å². The molecule has 0 saturated heterocycles. The molecule has 1 heterocycles. The third-order valence-electron chi connectivity index (χ3n) is 6.21. The van der Waals surface area contributed by atoms with Crippen molar-refractivity contribution in [2.75, 3.05) is 23.9 Å². The topological polar surface area (TPSA) is 105 Å². The van der Waals surface area contributed by atoms with E-state index in [-0.39, 0.29) is 50.6 Å². The van der Waals surface area contributed by atoms with Crippen molar-refractivity contribution in [3.63, 3.8) is 0 Å². The van der Waals surface area contributed by atoms with Crippen LogP contribution in [0.5, 0.6) is 11.5 Å². The Hall–Kier alpha value is -2.98. The summed E-state index contributed by atoms with van der Waals surface area (Å²) in [5.41, 5.74) is 1.22. The molecule has 0 aliphatic carbocycles. The number of carbonyl (C=O) groups excluding carboxylic acids is 2. The zero-order valence-electron chi connectivity index (χ0n) is 21.6. The van der Waals surface area contributed by atoms with E-state index in [0.717, 1.165) is 18.2 Å². The van der Waals surface area contributed by atoms with Crippen molar-refractivity contribution in [2.24, 2.45) is 0 Å². The first kappa shape index (κ1) is 28.6. The summed E-state index contributed by atoms with van der Waals surface area (Å²) >= 11 is 6.13. The summed E-state index contributed by atoms with van der Waals surface area (Å²) in [6.45, 7) is 5.93. The Morgan fingerprint density at radius 1 is 1.11 bits per heavy atom. The van der Waals surface area contributed by atoms with Crippen LogP contribution in [0.4, 0.5) is 5.69 Å². The molecule has 0 fully saturated rings. The van der Waals surface area contributed by atoms with Crippen LogP contribution in [-0.2, 0) is 26.2 Å². The maximum Gasteiger partial charge on any atom is 0.242 e. The van der Waals surface area contributed by atoms with Crippen molar-refractivity contribution >= 4 is 39.1 Å². The second-order valence-electron chi connectivity index (χ2n) is 9.12. The van der Waals surface area contributed by atoms with Gasteiger partial charge in [-0.25, -0.2) is 8.42 Å². The molecule has 202 valence electrons. The zero-order valence-corrected chi connectivity index (χ0v) is 23.1. The van der Waals surface area contributed by atoms with Crippen LogP contribution in [0, 0.1) is 0 Å². The lowest BCUT2D eigenvalue weighted by Gasteiger charge is -2.30. The van der Waals surface area contributed by atoms with E-state index in [0.29, 0.717) is 22.2 Å². The molecule has 0 bridgehead atoms. The van der Waals surface area contributed by atoms with Gasteiger partial charge < -0.3 is 19.7 Å². The predicted molar refractivity (Wildman–Crippen MR) is 143 cm³/mol. The first-order valence-corrected chi connectivity index (χ1v) is 14.4. The zero-order chi connectivity index (χ0) is 27.2. The number of rotatable bonds is 12. The van der Waals surface area contributed by atoms with Crippen LogP contribution in [0.25, 0.3) is 0 Å². The summed E-state index contributed by atoms with van der Waals surface area (Å²) in [5.74, 6) is 0.513. The van der Waals surface area contributed by atoms with E-state index < -0.39 is 16.1 Å². The molecule has 0 aromatic heterocycles. The first-order chi connectivity index (χ1) is 17.5. The van der Waals surface area contributed by atoms with Gasteiger partial charge >= 0.3 is 0 Å². The highest BCUT2D eigenvalue weighted by Crippen LogP contribution is 2.36. The number of anilines is 1. The second kappa shape index (κ2) is 12.5. The van der Waals surface area contributed by atoms with E-state index in [1.165, 1.54) is 9.21 Å². The summed E-state index contributed by atoms with van der Waals surface area (Å²) in [7, 11) is -3.62. The quantitative estimate of drug-likeness (QED) is 0.428. The van der Waals surface area contributed by atoms with Gasteiger partial charge in [-0.3, -0.25) is 13.9 Å². The van der Waals surface area contributed by atoms with Crippen LogP contribution in [0.1, 0.15) is 45.6 Å². The Morgan fingerprint density at radius 2 is 1.84 bits per heavy atom. The van der Waals surface area contributed by atoms with Crippen molar-refractivity contribution in [1.29, 1.82) is 0 Å². The number of nitrogens with zero attached hydrogens (tertiary/aromatic N) is 2. The summed E-state index contributed by atoms with van der Waals surface area (Å²) < 4.78 is 37.0. The van der Waals surface area contributed by atoms with Gasteiger partial charge in [0.25, 0.3) is 0 Å². The third kappa shape index (κ3) is 7.75. The predicted octanol–water partition coefficient (Wildman–Crippen LogP) is 3.95. The van der Waals surface area contributed by atoms with Gasteiger partial charge in [0.1, 0.15) is 6.04 Å². The van der Waals surface area contributed by atoms with E-state index in [9.17, 15) is 18.0 Å². The number of benzene rings is 2. The van der Waals surface area contributed by atoms with Crippen molar-refractivity contribution in [3.8, 4) is 11.5 Å². The lowest BCUT2D eigenvalue weighted by Crippen LogP contribution is -2.49. The van der Waals surface area contributed by atoms with Crippen LogP contribution >= 0.6 is 11.6 Å². The standard InChI is InChI=1S/C26H34ClN3O6S/c1-5-18(2)28-26(32)19(3)29(16-20-8-6-9-21(27)14-20)25(31)10-7-13-30(37(4,33)34)22-11-12-23-24(15-22)36-17-35-23/h6,8-9,11-12,14-15,18-19H,5,7,10,13,16-17H2,1-4H3,(H,28,32)/t18-,19+/m0/s1. The number of sulfonamides is 1. The molecule has 37 heavy (non-hydrogen) atoms. The Bertz CT molecular complexity index is 1220. The Kier molecular flexibility index (Phi) is 9.67. The Balaban J connectivity index is 1.73. The molecule has 1 N–H and O–H groups in total. The highest BCUT2D eigenvalue weighted by Gasteiger charge is 2.27. The molecule has 0 unspecified atom stereocenters. The minimum absolute atomic E-state index is 0.0249. The fraction of sp³-hybridized carbons (Fsp3) is 0.462. The molecular formula is C26H34ClN3O6S.